The molecule has 0 fully saturated rings. The van der Waals surface area contributed by atoms with E-state index in [0.29, 0.717) is 0 Å². The van der Waals surface area contributed by atoms with Gasteiger partial charge in [0.1, 0.15) is 6.10 Å². The topological polar surface area (TPSA) is 39.1 Å². The van der Waals surface area contributed by atoms with E-state index in [1.807, 2.05) is 29.3 Å². The van der Waals surface area contributed by atoms with Gasteiger partial charge >= 0.3 is 0 Å². The van der Waals surface area contributed by atoms with Gasteiger partial charge in [0.2, 0.25) is 0 Å². The van der Waals surface area contributed by atoms with Crippen LogP contribution in [0.2, 0.25) is 0 Å². The van der Waals surface area contributed by atoms with Crippen molar-refractivity contribution in [2.75, 3.05) is 6.54 Å². The van der Waals surface area contributed by atoms with Crippen LogP contribution in [-0.2, 0) is 4.74 Å². The fourth-order valence-electron chi connectivity index (χ4n) is 2.63. The van der Waals surface area contributed by atoms with Crippen molar-refractivity contribution in [2.24, 2.45) is 0 Å². The molecule has 1 aliphatic heterocycles. The maximum absolute atomic E-state index is 5.61. The number of ether oxygens (including phenoxy) is 1. The SMILES string of the molecule is C[C@H](NC[C@@H]1CCC=CO1)c1ccccc1-n1cccn1. The lowest BCUT2D eigenvalue weighted by Crippen LogP contribution is -2.31. The molecule has 0 bridgehead atoms. The van der Waals surface area contributed by atoms with E-state index in [0.717, 1.165) is 25.1 Å². The lowest BCUT2D eigenvalue weighted by atomic mass is 10.1. The average molecular weight is 283 g/mol. The summed E-state index contributed by atoms with van der Waals surface area (Å²) in [7, 11) is 0. The molecule has 0 saturated carbocycles. The summed E-state index contributed by atoms with van der Waals surface area (Å²) in [4.78, 5) is 0. The van der Waals surface area contributed by atoms with Crippen LogP contribution < -0.4 is 5.32 Å². The molecule has 21 heavy (non-hydrogen) atoms. The van der Waals surface area contributed by atoms with Crippen LogP contribution in [0.1, 0.15) is 31.4 Å². The van der Waals surface area contributed by atoms with Crippen molar-refractivity contribution < 1.29 is 4.74 Å². The van der Waals surface area contributed by atoms with E-state index < -0.39 is 0 Å². The van der Waals surface area contributed by atoms with Crippen LogP contribution in [0.3, 0.4) is 0 Å². The highest BCUT2D eigenvalue weighted by Gasteiger charge is 2.15. The third-order valence-electron chi connectivity index (χ3n) is 3.83. The second-order valence-corrected chi connectivity index (χ2v) is 5.35. The predicted octanol–water partition coefficient (Wildman–Crippen LogP) is 3.22. The highest BCUT2D eigenvalue weighted by molar-refractivity contribution is 5.42. The van der Waals surface area contributed by atoms with E-state index in [4.69, 9.17) is 4.74 Å². The number of allylic oxidation sites excluding steroid dienone is 1. The van der Waals surface area contributed by atoms with Crippen LogP contribution in [0.5, 0.6) is 0 Å². The Balaban J connectivity index is 1.69. The molecule has 1 N–H and O–H groups in total. The van der Waals surface area contributed by atoms with Crippen LogP contribution in [0, 0.1) is 0 Å². The number of rotatable bonds is 5. The fraction of sp³-hybridized carbons (Fsp3) is 0.353. The summed E-state index contributed by atoms with van der Waals surface area (Å²) in [5.41, 5.74) is 2.36. The molecule has 0 spiro atoms. The van der Waals surface area contributed by atoms with E-state index in [-0.39, 0.29) is 12.1 Å². The van der Waals surface area contributed by atoms with Crippen LogP contribution in [0.25, 0.3) is 5.69 Å². The minimum absolute atomic E-state index is 0.250. The smallest absolute Gasteiger partial charge is 0.110 e. The molecule has 0 unspecified atom stereocenters. The highest BCUT2D eigenvalue weighted by atomic mass is 16.5. The average Bonchev–Trinajstić information content (AvgIpc) is 3.08. The first kappa shape index (κ1) is 13.9. The van der Waals surface area contributed by atoms with Gasteiger partial charge in [0.15, 0.2) is 0 Å². The maximum Gasteiger partial charge on any atom is 0.110 e. The molecule has 0 aliphatic carbocycles. The molecule has 110 valence electrons. The molecule has 4 heteroatoms. The summed E-state index contributed by atoms with van der Waals surface area (Å²) in [5.74, 6) is 0. The van der Waals surface area contributed by atoms with Crippen molar-refractivity contribution >= 4 is 0 Å². The molecule has 1 aliphatic rings. The largest absolute Gasteiger partial charge is 0.497 e. The molecular weight excluding hydrogens is 262 g/mol. The third-order valence-corrected chi connectivity index (χ3v) is 3.83. The molecule has 2 heterocycles. The van der Waals surface area contributed by atoms with Crippen LogP contribution >= 0.6 is 0 Å². The maximum atomic E-state index is 5.61. The van der Waals surface area contributed by atoms with E-state index >= 15 is 0 Å². The van der Waals surface area contributed by atoms with E-state index in [1.165, 1.54) is 5.56 Å². The second-order valence-electron chi connectivity index (χ2n) is 5.35. The summed E-state index contributed by atoms with van der Waals surface area (Å²) in [6.45, 7) is 3.04. The van der Waals surface area contributed by atoms with Crippen molar-refractivity contribution in [1.29, 1.82) is 0 Å². The Kier molecular flexibility index (Phi) is 4.36. The number of nitrogens with one attached hydrogen (secondary N) is 1. The first-order valence-electron chi connectivity index (χ1n) is 7.47. The first-order chi connectivity index (χ1) is 10.3. The van der Waals surface area contributed by atoms with Crippen molar-refractivity contribution in [3.63, 3.8) is 0 Å². The number of benzene rings is 1. The van der Waals surface area contributed by atoms with E-state index in [9.17, 15) is 0 Å². The van der Waals surface area contributed by atoms with Crippen molar-refractivity contribution in [2.45, 2.75) is 31.9 Å². The summed E-state index contributed by atoms with van der Waals surface area (Å²) < 4.78 is 7.52. The quantitative estimate of drug-likeness (QED) is 0.915. The zero-order chi connectivity index (χ0) is 14.5. The van der Waals surface area contributed by atoms with Gasteiger partial charge in [-0.2, -0.15) is 5.10 Å². The molecular formula is C17H21N3O. The molecule has 3 rings (SSSR count). The molecule has 1 aromatic heterocycles. The Morgan fingerprint density at radius 1 is 1.38 bits per heavy atom. The summed E-state index contributed by atoms with van der Waals surface area (Å²) in [5, 5.41) is 7.91. The van der Waals surface area contributed by atoms with Gasteiger partial charge in [-0.25, -0.2) is 4.68 Å². The van der Waals surface area contributed by atoms with Gasteiger partial charge in [-0.15, -0.1) is 0 Å². The molecule has 0 amide bonds. The number of para-hydroxylation sites is 1. The van der Waals surface area contributed by atoms with Crippen LogP contribution in [-0.4, -0.2) is 22.4 Å². The number of aromatic nitrogens is 2. The molecule has 2 atom stereocenters. The highest BCUT2D eigenvalue weighted by Crippen LogP contribution is 2.21. The van der Waals surface area contributed by atoms with Gasteiger partial charge in [-0.1, -0.05) is 18.2 Å². The summed E-state index contributed by atoms with van der Waals surface area (Å²) >= 11 is 0. The Hall–Kier alpha value is -2.07. The van der Waals surface area contributed by atoms with Gasteiger partial charge in [-0.3, -0.25) is 0 Å². The zero-order valence-corrected chi connectivity index (χ0v) is 12.3. The standard InChI is InChI=1S/C17H21N3O/c1-14(18-13-15-7-4-5-12-21-15)16-8-2-3-9-17(16)20-11-6-10-19-20/h2-3,5-6,8-12,14-15,18H,4,7,13H2,1H3/t14-,15-/m0/s1. The molecule has 0 saturated heterocycles. The zero-order valence-electron chi connectivity index (χ0n) is 12.3. The van der Waals surface area contributed by atoms with Crippen LogP contribution in [0.4, 0.5) is 0 Å². The molecule has 1 aromatic carbocycles. The Labute approximate surface area is 125 Å². The van der Waals surface area contributed by atoms with Gasteiger partial charge in [-0.05, 0) is 43.5 Å². The molecule has 4 nitrogen and oxygen atoms in total. The second kappa shape index (κ2) is 6.59. The van der Waals surface area contributed by atoms with Gasteiger partial charge in [0.25, 0.3) is 0 Å². The third kappa shape index (κ3) is 3.34. The summed E-state index contributed by atoms with van der Waals surface area (Å²) in [6, 6.07) is 10.6. The molecule has 0 radical (unpaired) electrons. The summed E-state index contributed by atoms with van der Waals surface area (Å²) in [6.07, 6.45) is 10.1. The van der Waals surface area contributed by atoms with E-state index in [1.54, 1.807) is 6.20 Å². The van der Waals surface area contributed by atoms with Gasteiger partial charge in [0.05, 0.1) is 11.9 Å². The predicted molar refractivity (Wildman–Crippen MR) is 83.2 cm³/mol. The minimum atomic E-state index is 0.250. The van der Waals surface area contributed by atoms with Crippen LogP contribution in [0.15, 0.2) is 55.1 Å². The lowest BCUT2D eigenvalue weighted by Gasteiger charge is -2.23. The number of nitrogens with zero attached hydrogens (tertiary/aromatic N) is 2. The first-order valence-corrected chi connectivity index (χ1v) is 7.47. The monoisotopic (exact) mass is 283 g/mol. The Morgan fingerprint density at radius 2 is 2.29 bits per heavy atom. The number of hydrogen-bond donors (Lipinski definition) is 1. The Bertz CT molecular complexity index is 592. The van der Waals surface area contributed by atoms with Crippen molar-refractivity contribution in [3.05, 3.63) is 60.6 Å². The number of hydrogen-bond acceptors (Lipinski definition) is 3. The van der Waals surface area contributed by atoms with Gasteiger partial charge in [0, 0.05) is 25.0 Å². The van der Waals surface area contributed by atoms with Gasteiger partial charge < -0.3 is 10.1 Å². The van der Waals surface area contributed by atoms with Crippen molar-refractivity contribution in [1.82, 2.24) is 15.1 Å². The minimum Gasteiger partial charge on any atom is -0.497 e. The fourth-order valence-corrected chi connectivity index (χ4v) is 2.63. The van der Waals surface area contributed by atoms with E-state index in [2.05, 4.69) is 41.6 Å². The Morgan fingerprint density at radius 3 is 3.05 bits per heavy atom. The normalized spacial score (nSPS) is 19.2. The molecule has 2 aromatic rings. The lowest BCUT2D eigenvalue weighted by molar-refractivity contribution is 0.120. The van der Waals surface area contributed by atoms with Crippen molar-refractivity contribution in [3.8, 4) is 5.69 Å².